The minimum absolute atomic E-state index is 0.0290. The third kappa shape index (κ3) is 2.70. The van der Waals surface area contributed by atoms with Crippen LogP contribution >= 0.6 is 23.2 Å². The van der Waals surface area contributed by atoms with E-state index in [1.54, 1.807) is 0 Å². The number of rotatable bonds is 3. The zero-order valence-corrected chi connectivity index (χ0v) is 16.3. The molecule has 5 nitrogen and oxygen atoms in total. The summed E-state index contributed by atoms with van der Waals surface area (Å²) in [7, 11) is 0. The Kier molecular flexibility index (Phi) is 4.52. The summed E-state index contributed by atoms with van der Waals surface area (Å²) in [5.74, 6) is -4.69. The minimum atomic E-state index is -3.67. The second-order valence-corrected chi connectivity index (χ2v) is 7.80. The molecule has 1 atom stereocenters. The average molecular weight is 436 g/mol. The first-order valence-electron chi connectivity index (χ1n) is 8.73. The highest BCUT2D eigenvalue weighted by atomic mass is 35.5. The molecule has 2 aromatic carbocycles. The SMILES string of the molecule is N#Cc1ccc(C(F)(F)C23CCCN2C(=O)N(c2cc(Cl)cc(Cl)c2)C3=O)cc1. The van der Waals surface area contributed by atoms with E-state index in [9.17, 15) is 9.59 Å². The van der Waals surface area contributed by atoms with Gasteiger partial charge in [0.25, 0.3) is 5.91 Å². The maximum Gasteiger partial charge on any atom is 0.332 e. The summed E-state index contributed by atoms with van der Waals surface area (Å²) in [6, 6.07) is 9.85. The number of hydrogen-bond acceptors (Lipinski definition) is 3. The number of imide groups is 1. The standard InChI is InChI=1S/C20H13Cl2F2N3O2/c21-14-8-15(22)10-16(9-14)27-17(28)19(6-1-7-26(19)18(27)29)20(23,24)13-4-2-12(11-25)3-5-13/h2-5,8-10H,1,6-7H2. The van der Waals surface area contributed by atoms with E-state index in [4.69, 9.17) is 28.5 Å². The van der Waals surface area contributed by atoms with Crippen molar-refractivity contribution in [3.63, 3.8) is 0 Å². The molecule has 2 aliphatic heterocycles. The topological polar surface area (TPSA) is 64.4 Å². The van der Waals surface area contributed by atoms with E-state index in [0.29, 0.717) is 4.90 Å². The van der Waals surface area contributed by atoms with Crippen molar-refractivity contribution in [2.24, 2.45) is 0 Å². The largest absolute Gasteiger partial charge is 0.332 e. The molecule has 0 bridgehead atoms. The smallest absolute Gasteiger partial charge is 0.303 e. The van der Waals surface area contributed by atoms with Crippen molar-refractivity contribution in [3.05, 3.63) is 63.6 Å². The monoisotopic (exact) mass is 435 g/mol. The number of carbonyl (C=O) groups is 2. The zero-order valence-electron chi connectivity index (χ0n) is 14.8. The summed E-state index contributed by atoms with van der Waals surface area (Å²) >= 11 is 11.9. The Morgan fingerprint density at radius 1 is 1.07 bits per heavy atom. The summed E-state index contributed by atoms with van der Waals surface area (Å²) in [4.78, 5) is 28.0. The summed E-state index contributed by atoms with van der Waals surface area (Å²) in [5.41, 5.74) is -2.51. The van der Waals surface area contributed by atoms with Crippen LogP contribution in [-0.2, 0) is 10.7 Å². The summed E-state index contributed by atoms with van der Waals surface area (Å²) < 4.78 is 31.5. The maximum absolute atomic E-state index is 15.7. The van der Waals surface area contributed by atoms with Gasteiger partial charge in [-0.2, -0.15) is 14.0 Å². The van der Waals surface area contributed by atoms with E-state index in [0.717, 1.165) is 17.0 Å². The van der Waals surface area contributed by atoms with E-state index in [-0.39, 0.29) is 40.7 Å². The van der Waals surface area contributed by atoms with Gasteiger partial charge < -0.3 is 4.90 Å². The van der Waals surface area contributed by atoms with Crippen LogP contribution in [0, 0.1) is 11.3 Å². The first-order valence-corrected chi connectivity index (χ1v) is 9.48. The molecule has 2 fully saturated rings. The molecule has 2 aliphatic rings. The van der Waals surface area contributed by atoms with Crippen LogP contribution in [0.2, 0.25) is 10.0 Å². The van der Waals surface area contributed by atoms with E-state index in [2.05, 4.69) is 0 Å². The number of benzene rings is 2. The van der Waals surface area contributed by atoms with E-state index in [1.165, 1.54) is 30.3 Å². The van der Waals surface area contributed by atoms with Crippen LogP contribution in [0.15, 0.2) is 42.5 Å². The minimum Gasteiger partial charge on any atom is -0.303 e. The van der Waals surface area contributed by atoms with Crippen molar-refractivity contribution >= 4 is 40.8 Å². The number of halogens is 4. The Morgan fingerprint density at radius 3 is 2.28 bits per heavy atom. The molecule has 9 heteroatoms. The first kappa shape index (κ1) is 19.6. The second-order valence-electron chi connectivity index (χ2n) is 6.93. The molecule has 0 spiro atoms. The molecule has 0 N–H and O–H groups in total. The van der Waals surface area contributed by atoms with Gasteiger partial charge in [0.2, 0.25) is 0 Å². The third-order valence-corrected chi connectivity index (χ3v) is 5.80. The normalized spacial score (nSPS) is 21.5. The van der Waals surface area contributed by atoms with Gasteiger partial charge in [0.15, 0.2) is 5.54 Å². The van der Waals surface area contributed by atoms with Crippen LogP contribution in [0.25, 0.3) is 0 Å². The zero-order chi connectivity index (χ0) is 21.0. The van der Waals surface area contributed by atoms with Crippen molar-refractivity contribution < 1.29 is 18.4 Å². The lowest BCUT2D eigenvalue weighted by molar-refractivity contribution is -0.152. The fourth-order valence-corrected chi connectivity index (χ4v) is 4.56. The van der Waals surface area contributed by atoms with Crippen LogP contribution < -0.4 is 4.90 Å². The Morgan fingerprint density at radius 2 is 1.69 bits per heavy atom. The molecule has 1 unspecified atom stereocenters. The molecule has 4 rings (SSSR count). The van der Waals surface area contributed by atoms with Gasteiger partial charge in [-0.3, -0.25) is 4.79 Å². The fraction of sp³-hybridized carbons (Fsp3) is 0.250. The second kappa shape index (κ2) is 6.68. The highest BCUT2D eigenvalue weighted by Crippen LogP contribution is 2.53. The van der Waals surface area contributed by atoms with E-state index in [1.807, 2.05) is 6.07 Å². The molecule has 3 amide bonds. The summed E-state index contributed by atoms with van der Waals surface area (Å²) in [6.45, 7) is 0.0290. The number of carbonyl (C=O) groups excluding carboxylic acids is 2. The van der Waals surface area contributed by atoms with Crippen molar-refractivity contribution in [1.29, 1.82) is 5.26 Å². The van der Waals surface area contributed by atoms with Gasteiger partial charge in [-0.1, -0.05) is 35.3 Å². The van der Waals surface area contributed by atoms with Gasteiger partial charge in [-0.15, -0.1) is 0 Å². The van der Waals surface area contributed by atoms with E-state index < -0.39 is 29.0 Å². The van der Waals surface area contributed by atoms with Crippen molar-refractivity contribution in [3.8, 4) is 6.07 Å². The van der Waals surface area contributed by atoms with Gasteiger partial charge in [0.1, 0.15) is 0 Å². The third-order valence-electron chi connectivity index (χ3n) is 5.36. The highest BCUT2D eigenvalue weighted by molar-refractivity contribution is 6.35. The predicted molar refractivity (Wildman–Crippen MR) is 103 cm³/mol. The molecule has 29 heavy (non-hydrogen) atoms. The molecular weight excluding hydrogens is 423 g/mol. The molecule has 2 heterocycles. The molecular formula is C20H13Cl2F2N3O2. The van der Waals surface area contributed by atoms with Gasteiger partial charge >= 0.3 is 12.0 Å². The average Bonchev–Trinajstić information content (AvgIpc) is 3.21. The Bertz CT molecular complexity index is 1050. The van der Waals surface area contributed by atoms with Gasteiger partial charge in [0.05, 0.1) is 17.3 Å². The highest BCUT2D eigenvalue weighted by Gasteiger charge is 2.72. The maximum atomic E-state index is 15.7. The van der Waals surface area contributed by atoms with Crippen LogP contribution in [0.3, 0.4) is 0 Å². The summed E-state index contributed by atoms with van der Waals surface area (Å²) in [5, 5.41) is 9.25. The lowest BCUT2D eigenvalue weighted by Crippen LogP contribution is -2.57. The van der Waals surface area contributed by atoms with Crippen molar-refractivity contribution in [2.75, 3.05) is 11.4 Å². The molecule has 0 aromatic heterocycles. The number of anilines is 1. The van der Waals surface area contributed by atoms with Crippen molar-refractivity contribution in [2.45, 2.75) is 24.3 Å². The number of alkyl halides is 2. The number of amides is 3. The van der Waals surface area contributed by atoms with E-state index >= 15 is 8.78 Å². The van der Waals surface area contributed by atoms with Crippen LogP contribution in [0.1, 0.15) is 24.0 Å². The molecule has 2 aromatic rings. The quantitative estimate of drug-likeness (QED) is 0.640. The predicted octanol–water partition coefficient (Wildman–Crippen LogP) is 4.96. The molecule has 0 aliphatic carbocycles. The molecule has 0 radical (unpaired) electrons. The number of fused-ring (bicyclic) bond motifs is 1. The van der Waals surface area contributed by atoms with Crippen LogP contribution in [0.5, 0.6) is 0 Å². The number of nitriles is 1. The van der Waals surface area contributed by atoms with Crippen molar-refractivity contribution in [1.82, 2.24) is 4.90 Å². The lowest BCUT2D eigenvalue weighted by Gasteiger charge is -2.36. The van der Waals surface area contributed by atoms with Gasteiger partial charge in [-0.05, 0) is 43.2 Å². The Hall–Kier alpha value is -2.69. The molecule has 2 saturated heterocycles. The Balaban J connectivity index is 1.84. The Labute approximate surface area is 175 Å². The molecule has 148 valence electrons. The first-order chi connectivity index (χ1) is 13.7. The number of nitrogens with zero attached hydrogens (tertiary/aromatic N) is 3. The lowest BCUT2D eigenvalue weighted by atomic mass is 9.83. The van der Waals surface area contributed by atoms with Crippen LogP contribution in [-0.4, -0.2) is 28.9 Å². The molecule has 0 saturated carbocycles. The van der Waals surface area contributed by atoms with Crippen LogP contribution in [0.4, 0.5) is 19.3 Å². The fourth-order valence-electron chi connectivity index (χ4n) is 4.04. The summed E-state index contributed by atoms with van der Waals surface area (Å²) in [6.07, 6.45) is 0.0862. The number of hydrogen-bond donors (Lipinski definition) is 0. The number of urea groups is 1. The van der Waals surface area contributed by atoms with Gasteiger partial charge in [-0.25, -0.2) is 9.69 Å². The van der Waals surface area contributed by atoms with Gasteiger partial charge in [0, 0.05) is 22.2 Å².